The molecule has 5 nitrogen and oxygen atoms in total. The van der Waals surface area contributed by atoms with Crippen LogP contribution in [0.4, 0.5) is 5.82 Å². The summed E-state index contributed by atoms with van der Waals surface area (Å²) in [5.74, 6) is 1.76. The van der Waals surface area contributed by atoms with Crippen molar-refractivity contribution >= 4 is 17.0 Å². The van der Waals surface area contributed by atoms with E-state index in [-0.39, 0.29) is 0 Å². The van der Waals surface area contributed by atoms with Gasteiger partial charge in [0, 0.05) is 19.1 Å². The summed E-state index contributed by atoms with van der Waals surface area (Å²) in [5.41, 5.74) is 3.19. The van der Waals surface area contributed by atoms with Crippen molar-refractivity contribution in [3.8, 4) is 0 Å². The molecule has 0 aliphatic heterocycles. The molecule has 2 heterocycles. The van der Waals surface area contributed by atoms with Gasteiger partial charge in [-0.2, -0.15) is 0 Å². The minimum absolute atomic E-state index is 0.538. The molecule has 0 saturated heterocycles. The number of rotatable bonds is 5. The molecule has 1 aliphatic carbocycles. The molecule has 1 fully saturated rings. The molecular weight excluding hydrogens is 310 g/mol. The molecule has 5 heteroatoms. The number of hydrogen-bond donors (Lipinski definition) is 0. The van der Waals surface area contributed by atoms with Crippen LogP contribution in [0.1, 0.15) is 50.0 Å². The Morgan fingerprint density at radius 3 is 2.60 bits per heavy atom. The fourth-order valence-corrected chi connectivity index (χ4v) is 3.82. The lowest BCUT2D eigenvalue weighted by atomic mass is 10.2. The molecule has 0 amide bonds. The summed E-state index contributed by atoms with van der Waals surface area (Å²) in [6.07, 6.45) is 7.03. The third-order valence-corrected chi connectivity index (χ3v) is 5.13. The normalized spacial score (nSPS) is 15.1. The van der Waals surface area contributed by atoms with Crippen molar-refractivity contribution in [3.05, 3.63) is 48.0 Å². The first kappa shape index (κ1) is 16.1. The standard InChI is InChI=1S/C20H25N5/c1-3-24(13-16-9-5-4-6-10-16)19-18-20(23-15(2)22-19)25(14-21-18)17-11-7-8-12-17/h4-6,9-10,14,17H,3,7-8,11-13H2,1-2H3. The third kappa shape index (κ3) is 3.11. The molecule has 0 spiro atoms. The fourth-order valence-electron chi connectivity index (χ4n) is 3.82. The largest absolute Gasteiger partial charge is 0.351 e. The van der Waals surface area contributed by atoms with Crippen LogP contribution in [0, 0.1) is 6.92 Å². The Morgan fingerprint density at radius 1 is 1.12 bits per heavy atom. The van der Waals surface area contributed by atoms with E-state index in [1.165, 1.54) is 31.2 Å². The van der Waals surface area contributed by atoms with Crippen LogP contribution >= 0.6 is 0 Å². The SMILES string of the molecule is CCN(Cc1ccccc1)c1nc(C)nc2c1ncn2C1CCCC1. The second kappa shape index (κ2) is 6.82. The van der Waals surface area contributed by atoms with Crippen LogP contribution in [-0.4, -0.2) is 26.1 Å². The summed E-state index contributed by atoms with van der Waals surface area (Å²) in [5, 5.41) is 0. The number of imidazole rings is 1. The Labute approximate surface area is 148 Å². The molecule has 130 valence electrons. The molecule has 0 radical (unpaired) electrons. The van der Waals surface area contributed by atoms with E-state index in [4.69, 9.17) is 15.0 Å². The first-order valence-electron chi connectivity index (χ1n) is 9.26. The molecule has 1 saturated carbocycles. The average molecular weight is 335 g/mol. The molecule has 4 rings (SSSR count). The number of fused-ring (bicyclic) bond motifs is 1. The first-order chi connectivity index (χ1) is 12.3. The van der Waals surface area contributed by atoms with E-state index in [0.29, 0.717) is 6.04 Å². The van der Waals surface area contributed by atoms with Crippen molar-refractivity contribution in [1.29, 1.82) is 0 Å². The average Bonchev–Trinajstić information content (AvgIpc) is 3.29. The molecule has 0 unspecified atom stereocenters. The number of hydrogen-bond acceptors (Lipinski definition) is 4. The molecule has 0 bridgehead atoms. The van der Waals surface area contributed by atoms with Crippen molar-refractivity contribution in [3.63, 3.8) is 0 Å². The van der Waals surface area contributed by atoms with Gasteiger partial charge in [0.2, 0.25) is 0 Å². The second-order valence-electron chi connectivity index (χ2n) is 6.86. The monoisotopic (exact) mass is 335 g/mol. The molecule has 2 aromatic heterocycles. The third-order valence-electron chi connectivity index (χ3n) is 5.13. The van der Waals surface area contributed by atoms with Crippen molar-refractivity contribution in [2.24, 2.45) is 0 Å². The van der Waals surface area contributed by atoms with Crippen molar-refractivity contribution < 1.29 is 0 Å². The summed E-state index contributed by atoms with van der Waals surface area (Å²) in [4.78, 5) is 16.5. The Balaban J connectivity index is 1.75. The smallest absolute Gasteiger partial charge is 0.166 e. The lowest BCUT2D eigenvalue weighted by Gasteiger charge is -2.23. The highest BCUT2D eigenvalue weighted by atomic mass is 15.2. The summed E-state index contributed by atoms with van der Waals surface area (Å²) in [7, 11) is 0. The number of benzene rings is 1. The molecule has 3 aromatic rings. The van der Waals surface area contributed by atoms with Crippen LogP contribution in [0.25, 0.3) is 11.2 Å². The summed E-state index contributed by atoms with van der Waals surface area (Å²) >= 11 is 0. The summed E-state index contributed by atoms with van der Waals surface area (Å²) in [6, 6.07) is 11.1. The Hall–Kier alpha value is -2.43. The van der Waals surface area contributed by atoms with E-state index in [1.807, 2.05) is 13.3 Å². The first-order valence-corrected chi connectivity index (χ1v) is 9.26. The maximum atomic E-state index is 4.75. The van der Waals surface area contributed by atoms with Gasteiger partial charge < -0.3 is 9.47 Å². The van der Waals surface area contributed by atoms with Gasteiger partial charge in [0.1, 0.15) is 5.82 Å². The number of nitrogens with zero attached hydrogens (tertiary/aromatic N) is 5. The van der Waals surface area contributed by atoms with Crippen LogP contribution in [0.15, 0.2) is 36.7 Å². The second-order valence-corrected chi connectivity index (χ2v) is 6.86. The Kier molecular flexibility index (Phi) is 4.38. The fraction of sp³-hybridized carbons (Fsp3) is 0.450. The van der Waals surface area contributed by atoms with E-state index >= 15 is 0 Å². The minimum Gasteiger partial charge on any atom is -0.351 e. The van der Waals surface area contributed by atoms with Crippen molar-refractivity contribution in [2.45, 2.75) is 52.1 Å². The maximum Gasteiger partial charge on any atom is 0.166 e. The predicted molar refractivity (Wildman–Crippen MR) is 101 cm³/mol. The lowest BCUT2D eigenvalue weighted by Crippen LogP contribution is -2.24. The maximum absolute atomic E-state index is 4.75. The van der Waals surface area contributed by atoms with E-state index in [2.05, 4.69) is 46.7 Å². The highest BCUT2D eigenvalue weighted by Gasteiger charge is 2.22. The van der Waals surface area contributed by atoms with Crippen LogP contribution < -0.4 is 4.90 Å². The predicted octanol–water partition coefficient (Wildman–Crippen LogP) is 4.28. The van der Waals surface area contributed by atoms with Crippen LogP contribution in [0.3, 0.4) is 0 Å². The number of anilines is 1. The Bertz CT molecular complexity index is 849. The lowest BCUT2D eigenvalue weighted by molar-refractivity contribution is 0.528. The van der Waals surface area contributed by atoms with Crippen molar-refractivity contribution in [1.82, 2.24) is 19.5 Å². The zero-order valence-corrected chi connectivity index (χ0v) is 15.0. The van der Waals surface area contributed by atoms with Gasteiger partial charge >= 0.3 is 0 Å². The van der Waals surface area contributed by atoms with Gasteiger partial charge in [-0.1, -0.05) is 43.2 Å². The number of aryl methyl sites for hydroxylation is 1. The van der Waals surface area contributed by atoms with Crippen LogP contribution in [0.5, 0.6) is 0 Å². The topological polar surface area (TPSA) is 46.8 Å². The van der Waals surface area contributed by atoms with Gasteiger partial charge in [0.05, 0.1) is 6.33 Å². The van der Waals surface area contributed by atoms with Gasteiger partial charge in [-0.15, -0.1) is 0 Å². The number of aromatic nitrogens is 4. The van der Waals surface area contributed by atoms with Gasteiger partial charge in [0.25, 0.3) is 0 Å². The van der Waals surface area contributed by atoms with E-state index in [9.17, 15) is 0 Å². The molecule has 1 aliphatic rings. The van der Waals surface area contributed by atoms with E-state index in [0.717, 1.165) is 35.9 Å². The molecule has 1 aromatic carbocycles. The molecule has 0 N–H and O–H groups in total. The van der Waals surface area contributed by atoms with Gasteiger partial charge in [-0.05, 0) is 32.3 Å². The molecule has 0 atom stereocenters. The minimum atomic E-state index is 0.538. The van der Waals surface area contributed by atoms with Crippen LogP contribution in [0.2, 0.25) is 0 Å². The Morgan fingerprint density at radius 2 is 1.88 bits per heavy atom. The summed E-state index contributed by atoms with van der Waals surface area (Å²) < 4.78 is 2.27. The van der Waals surface area contributed by atoms with E-state index < -0.39 is 0 Å². The van der Waals surface area contributed by atoms with Gasteiger partial charge in [-0.3, -0.25) is 0 Å². The van der Waals surface area contributed by atoms with Crippen LogP contribution in [-0.2, 0) is 6.54 Å². The quantitative estimate of drug-likeness (QED) is 0.698. The van der Waals surface area contributed by atoms with Gasteiger partial charge in [-0.25, -0.2) is 15.0 Å². The summed E-state index contributed by atoms with van der Waals surface area (Å²) in [6.45, 7) is 5.86. The highest BCUT2D eigenvalue weighted by Crippen LogP contribution is 2.33. The zero-order chi connectivity index (χ0) is 17.2. The van der Waals surface area contributed by atoms with Gasteiger partial charge in [0.15, 0.2) is 17.0 Å². The highest BCUT2D eigenvalue weighted by molar-refractivity contribution is 5.83. The van der Waals surface area contributed by atoms with Crippen molar-refractivity contribution in [2.75, 3.05) is 11.4 Å². The van der Waals surface area contributed by atoms with E-state index in [1.54, 1.807) is 0 Å². The molecular formula is C20H25N5. The molecule has 25 heavy (non-hydrogen) atoms. The zero-order valence-electron chi connectivity index (χ0n) is 15.0.